The van der Waals surface area contributed by atoms with E-state index < -0.39 is 9.84 Å². The van der Waals surface area contributed by atoms with E-state index in [-0.39, 0.29) is 16.8 Å². The number of aromatic nitrogens is 1. The van der Waals surface area contributed by atoms with Gasteiger partial charge in [0.05, 0.1) is 16.5 Å². The average Bonchev–Trinajstić information content (AvgIpc) is 2.52. The van der Waals surface area contributed by atoms with Gasteiger partial charge >= 0.3 is 0 Å². The summed E-state index contributed by atoms with van der Waals surface area (Å²) in [6.45, 7) is 1.96. The molecule has 0 bridgehead atoms. The molecule has 1 atom stereocenters. The van der Waals surface area contributed by atoms with Crippen molar-refractivity contribution in [3.63, 3.8) is 0 Å². The highest BCUT2D eigenvalue weighted by atomic mass is 32.2. The van der Waals surface area contributed by atoms with E-state index >= 15 is 0 Å². The monoisotopic (exact) mass is 318 g/mol. The van der Waals surface area contributed by atoms with E-state index in [1.165, 1.54) is 12.5 Å². The second kappa shape index (κ2) is 6.70. The molecule has 1 amide bonds. The molecule has 0 spiro atoms. The fraction of sp³-hybridized carbons (Fsp3) is 0.250. The first kappa shape index (κ1) is 16.2. The maximum Gasteiger partial charge on any atom is 0.253 e. The molecule has 6 heteroatoms. The van der Waals surface area contributed by atoms with E-state index in [0.29, 0.717) is 12.0 Å². The van der Waals surface area contributed by atoms with Crippen molar-refractivity contribution >= 4 is 15.7 Å². The van der Waals surface area contributed by atoms with Gasteiger partial charge in [0.2, 0.25) is 0 Å². The predicted molar refractivity (Wildman–Crippen MR) is 84.3 cm³/mol. The Morgan fingerprint density at radius 2 is 1.91 bits per heavy atom. The van der Waals surface area contributed by atoms with Crippen LogP contribution < -0.4 is 5.32 Å². The molecule has 1 N–H and O–H groups in total. The molecule has 0 aliphatic heterocycles. The minimum Gasteiger partial charge on any atom is -0.345 e. The Kier molecular flexibility index (Phi) is 4.92. The Morgan fingerprint density at radius 3 is 2.41 bits per heavy atom. The van der Waals surface area contributed by atoms with Crippen LogP contribution in [0, 0.1) is 0 Å². The molecule has 5 nitrogen and oxygen atoms in total. The highest BCUT2D eigenvalue weighted by Gasteiger charge is 2.15. The summed E-state index contributed by atoms with van der Waals surface area (Å²) in [4.78, 5) is 16.4. The van der Waals surface area contributed by atoms with Crippen LogP contribution in [0.15, 0.2) is 53.7 Å². The fourth-order valence-corrected chi connectivity index (χ4v) is 2.74. The molecule has 0 aliphatic rings. The van der Waals surface area contributed by atoms with Crippen molar-refractivity contribution in [2.24, 2.45) is 0 Å². The highest BCUT2D eigenvalue weighted by molar-refractivity contribution is 7.90. The number of nitrogens with one attached hydrogen (secondary N) is 1. The van der Waals surface area contributed by atoms with Crippen molar-refractivity contribution in [2.75, 3.05) is 6.26 Å². The van der Waals surface area contributed by atoms with Gasteiger partial charge in [-0.15, -0.1) is 0 Å². The Balaban J connectivity index is 2.17. The Morgan fingerprint density at radius 1 is 1.23 bits per heavy atom. The Bertz CT molecular complexity index is 741. The third-order valence-electron chi connectivity index (χ3n) is 3.35. The van der Waals surface area contributed by atoms with Crippen molar-refractivity contribution in [3.8, 4) is 0 Å². The van der Waals surface area contributed by atoms with Crippen LogP contribution in [0.5, 0.6) is 0 Å². The maximum atomic E-state index is 12.2. The molecular weight excluding hydrogens is 300 g/mol. The molecule has 0 unspecified atom stereocenters. The number of pyridine rings is 1. The van der Waals surface area contributed by atoms with E-state index in [9.17, 15) is 13.2 Å². The second-order valence-corrected chi connectivity index (χ2v) is 7.03. The van der Waals surface area contributed by atoms with Crippen molar-refractivity contribution in [1.82, 2.24) is 10.3 Å². The van der Waals surface area contributed by atoms with Crippen molar-refractivity contribution in [1.29, 1.82) is 0 Å². The lowest BCUT2D eigenvalue weighted by molar-refractivity contribution is 0.0935. The number of hydrogen-bond donors (Lipinski definition) is 1. The number of rotatable bonds is 5. The first-order valence-electron chi connectivity index (χ1n) is 6.92. The zero-order valence-corrected chi connectivity index (χ0v) is 13.3. The molecule has 1 aromatic heterocycles. The summed E-state index contributed by atoms with van der Waals surface area (Å²) in [5, 5.41) is 2.93. The summed E-state index contributed by atoms with van der Waals surface area (Å²) in [6, 6.07) is 9.80. The van der Waals surface area contributed by atoms with Gasteiger partial charge in [-0.25, -0.2) is 8.42 Å². The lowest BCUT2D eigenvalue weighted by Gasteiger charge is -2.17. The molecule has 2 rings (SSSR count). The molecule has 2 aromatic rings. The smallest absolute Gasteiger partial charge is 0.253 e. The van der Waals surface area contributed by atoms with E-state index in [1.54, 1.807) is 42.6 Å². The predicted octanol–water partition coefficient (Wildman–Crippen LogP) is 2.37. The Labute approximate surface area is 130 Å². The van der Waals surface area contributed by atoms with Crippen LogP contribution in [0.2, 0.25) is 0 Å². The van der Waals surface area contributed by atoms with Gasteiger partial charge in [-0.3, -0.25) is 9.78 Å². The van der Waals surface area contributed by atoms with Gasteiger partial charge in [0.1, 0.15) is 0 Å². The number of carbonyl (C=O) groups excluding carboxylic acids is 1. The van der Waals surface area contributed by atoms with E-state index in [4.69, 9.17) is 0 Å². The topological polar surface area (TPSA) is 76.1 Å². The molecular formula is C16H18N2O3S. The quantitative estimate of drug-likeness (QED) is 0.918. The molecule has 0 radical (unpaired) electrons. The molecule has 22 heavy (non-hydrogen) atoms. The minimum absolute atomic E-state index is 0.179. The third kappa shape index (κ3) is 3.92. The summed E-state index contributed by atoms with van der Waals surface area (Å²) >= 11 is 0. The van der Waals surface area contributed by atoms with Gasteiger partial charge in [0.25, 0.3) is 5.91 Å². The molecule has 1 aromatic carbocycles. The second-order valence-electron chi connectivity index (χ2n) is 5.02. The van der Waals surface area contributed by atoms with Crippen LogP contribution in [0.4, 0.5) is 0 Å². The minimum atomic E-state index is -3.21. The molecule has 0 aliphatic carbocycles. The van der Waals surface area contributed by atoms with Crippen LogP contribution in [0.3, 0.4) is 0 Å². The van der Waals surface area contributed by atoms with Gasteiger partial charge in [0, 0.05) is 18.6 Å². The number of amides is 1. The van der Waals surface area contributed by atoms with Gasteiger partial charge in [-0.05, 0) is 36.2 Å². The number of hydrogen-bond acceptors (Lipinski definition) is 4. The SMILES string of the molecule is CC[C@H](NC(=O)c1cccnc1)c1ccc(S(C)(=O)=O)cc1. The van der Waals surface area contributed by atoms with Crippen molar-refractivity contribution in [2.45, 2.75) is 24.3 Å². The zero-order chi connectivity index (χ0) is 16.2. The fourth-order valence-electron chi connectivity index (χ4n) is 2.11. The first-order chi connectivity index (χ1) is 10.4. The van der Waals surface area contributed by atoms with Crippen LogP contribution in [-0.2, 0) is 9.84 Å². The van der Waals surface area contributed by atoms with Gasteiger partial charge in [-0.1, -0.05) is 19.1 Å². The first-order valence-corrected chi connectivity index (χ1v) is 8.82. The summed E-state index contributed by atoms with van der Waals surface area (Å²) in [5.74, 6) is -0.202. The number of benzene rings is 1. The molecule has 1 heterocycles. The van der Waals surface area contributed by atoms with Crippen LogP contribution >= 0.6 is 0 Å². The molecule has 116 valence electrons. The number of carbonyl (C=O) groups is 1. The maximum absolute atomic E-state index is 12.2. The van der Waals surface area contributed by atoms with E-state index in [0.717, 1.165) is 5.56 Å². The summed E-state index contributed by atoms with van der Waals surface area (Å²) in [6.07, 6.45) is 4.99. The van der Waals surface area contributed by atoms with E-state index in [2.05, 4.69) is 10.3 Å². The molecule has 0 saturated carbocycles. The van der Waals surface area contributed by atoms with E-state index in [1.807, 2.05) is 6.92 Å². The third-order valence-corrected chi connectivity index (χ3v) is 4.48. The summed E-state index contributed by atoms with van der Waals surface area (Å²) < 4.78 is 22.9. The normalized spacial score (nSPS) is 12.6. The highest BCUT2D eigenvalue weighted by Crippen LogP contribution is 2.19. The average molecular weight is 318 g/mol. The summed E-state index contributed by atoms with van der Waals surface area (Å²) in [5.41, 5.74) is 1.36. The lowest BCUT2D eigenvalue weighted by atomic mass is 10.0. The van der Waals surface area contributed by atoms with Crippen molar-refractivity contribution in [3.05, 3.63) is 59.9 Å². The molecule has 0 saturated heterocycles. The van der Waals surface area contributed by atoms with Crippen molar-refractivity contribution < 1.29 is 13.2 Å². The van der Waals surface area contributed by atoms with Gasteiger partial charge < -0.3 is 5.32 Å². The largest absolute Gasteiger partial charge is 0.345 e. The van der Waals surface area contributed by atoms with Crippen LogP contribution in [0.25, 0.3) is 0 Å². The number of sulfone groups is 1. The number of nitrogens with zero attached hydrogens (tertiary/aromatic N) is 1. The Hall–Kier alpha value is -2.21. The standard InChI is InChI=1S/C16H18N2O3S/c1-3-15(18-16(19)13-5-4-10-17-11-13)12-6-8-14(9-7-12)22(2,20)21/h4-11,15H,3H2,1-2H3,(H,18,19)/t15-/m0/s1. The van der Waals surface area contributed by atoms with Crippen LogP contribution in [-0.4, -0.2) is 25.6 Å². The zero-order valence-electron chi connectivity index (χ0n) is 12.5. The lowest BCUT2D eigenvalue weighted by Crippen LogP contribution is -2.28. The molecule has 0 fully saturated rings. The van der Waals surface area contributed by atoms with Crippen LogP contribution in [0.1, 0.15) is 35.3 Å². The van der Waals surface area contributed by atoms with Gasteiger partial charge in [0.15, 0.2) is 9.84 Å². The summed E-state index contributed by atoms with van der Waals surface area (Å²) in [7, 11) is -3.21. The van der Waals surface area contributed by atoms with Gasteiger partial charge in [-0.2, -0.15) is 0 Å².